The number of nitrogens with two attached hydrogens (primary N) is 2. The third kappa shape index (κ3) is 7.36. The normalized spacial score (nSPS) is 13.2. The highest BCUT2D eigenvalue weighted by atomic mass is 16.5. The average Bonchev–Trinajstić information content (AvgIpc) is 2.57. The van der Waals surface area contributed by atoms with Gasteiger partial charge in [0.1, 0.15) is 11.8 Å². The van der Waals surface area contributed by atoms with Gasteiger partial charge in [0.2, 0.25) is 0 Å². The van der Waals surface area contributed by atoms with E-state index in [4.69, 9.17) is 21.3 Å². The van der Waals surface area contributed by atoms with Crippen molar-refractivity contribution in [2.24, 2.45) is 16.5 Å². The lowest BCUT2D eigenvalue weighted by Crippen LogP contribution is -2.38. The molecular formula is C16H22N4O5. The van der Waals surface area contributed by atoms with Crippen LogP contribution in [0.1, 0.15) is 18.4 Å². The molecule has 7 N–H and O–H groups in total. The summed E-state index contributed by atoms with van der Waals surface area (Å²) >= 11 is 0. The van der Waals surface area contributed by atoms with Crippen LogP contribution in [-0.4, -0.2) is 47.7 Å². The van der Waals surface area contributed by atoms with Crippen molar-refractivity contribution in [1.29, 1.82) is 0 Å². The molecule has 0 aliphatic carbocycles. The number of amides is 1. The van der Waals surface area contributed by atoms with Crippen LogP contribution in [0.15, 0.2) is 35.0 Å². The number of carbonyl (C=O) groups excluding carboxylic acids is 1. The molecular weight excluding hydrogens is 328 g/mol. The molecule has 1 aromatic rings. The largest absolute Gasteiger partial charge is 0.508 e. The second-order valence-corrected chi connectivity index (χ2v) is 5.11. The molecule has 0 aromatic heterocycles. The van der Waals surface area contributed by atoms with E-state index in [0.29, 0.717) is 12.0 Å². The topological polar surface area (TPSA) is 160 Å². The molecule has 1 rings (SSSR count). The molecule has 0 heterocycles. The number of ether oxygens (including phenoxy) is 1. The van der Waals surface area contributed by atoms with E-state index in [1.807, 2.05) is 0 Å². The van der Waals surface area contributed by atoms with Crippen LogP contribution in [0.2, 0.25) is 0 Å². The molecule has 136 valence electrons. The summed E-state index contributed by atoms with van der Waals surface area (Å²) in [6, 6.07) is 5.25. The smallest absolute Gasteiger partial charge is 0.320 e. The fourth-order valence-corrected chi connectivity index (χ4v) is 1.79. The Hall–Kier alpha value is -3.07. The predicted octanol–water partition coefficient (Wildman–Crippen LogP) is 0.00250. The highest BCUT2D eigenvalue weighted by Gasteiger charge is 2.12. The lowest BCUT2D eigenvalue weighted by molar-refractivity contribution is -0.138. The van der Waals surface area contributed by atoms with E-state index in [1.165, 1.54) is 25.3 Å². The van der Waals surface area contributed by atoms with Crippen LogP contribution in [0.4, 0.5) is 0 Å². The van der Waals surface area contributed by atoms with Gasteiger partial charge in [-0.1, -0.05) is 12.1 Å². The number of aliphatic imine (C=N–C) groups is 1. The molecule has 0 unspecified atom stereocenters. The molecule has 1 amide bonds. The Kier molecular flexibility index (Phi) is 7.94. The third-order valence-electron chi connectivity index (χ3n) is 3.15. The van der Waals surface area contributed by atoms with E-state index in [0.717, 1.165) is 0 Å². The molecule has 0 saturated heterocycles. The fraction of sp³-hybridized carbons (Fsp3) is 0.312. The number of hydrogen-bond acceptors (Lipinski definition) is 6. The highest BCUT2D eigenvalue weighted by molar-refractivity contribution is 6.05. The zero-order chi connectivity index (χ0) is 18.8. The van der Waals surface area contributed by atoms with Crippen molar-refractivity contribution in [3.05, 3.63) is 35.6 Å². The summed E-state index contributed by atoms with van der Waals surface area (Å²) in [5.74, 6) is -1.65. The Labute approximate surface area is 145 Å². The SMILES string of the molecule is CO/C(=C\c1ccc(O)cc1)C(=O)NC(N)=NCCC[C@H](N)C(=O)O. The maximum atomic E-state index is 12.1. The average molecular weight is 350 g/mol. The van der Waals surface area contributed by atoms with Crippen molar-refractivity contribution in [2.45, 2.75) is 18.9 Å². The molecule has 25 heavy (non-hydrogen) atoms. The number of carboxylic acid groups (broad SMARTS) is 1. The van der Waals surface area contributed by atoms with Gasteiger partial charge >= 0.3 is 5.97 Å². The molecule has 0 aliphatic rings. The quantitative estimate of drug-likeness (QED) is 0.145. The van der Waals surface area contributed by atoms with Crippen molar-refractivity contribution in [2.75, 3.05) is 13.7 Å². The second-order valence-electron chi connectivity index (χ2n) is 5.11. The number of nitrogens with zero attached hydrogens (tertiary/aromatic N) is 1. The minimum Gasteiger partial charge on any atom is -0.508 e. The predicted molar refractivity (Wildman–Crippen MR) is 92.6 cm³/mol. The van der Waals surface area contributed by atoms with Gasteiger partial charge in [0.05, 0.1) is 7.11 Å². The Morgan fingerprint density at radius 2 is 2.00 bits per heavy atom. The van der Waals surface area contributed by atoms with E-state index in [1.54, 1.807) is 12.1 Å². The number of phenolic OH excluding ortho intramolecular Hbond substituents is 1. The van der Waals surface area contributed by atoms with Crippen molar-refractivity contribution >= 4 is 23.9 Å². The van der Waals surface area contributed by atoms with Crippen LogP contribution in [0.5, 0.6) is 5.75 Å². The first kappa shape index (κ1) is 20.0. The van der Waals surface area contributed by atoms with E-state index in [9.17, 15) is 14.7 Å². The van der Waals surface area contributed by atoms with E-state index >= 15 is 0 Å². The number of aliphatic carboxylic acids is 1. The lowest BCUT2D eigenvalue weighted by Gasteiger charge is -2.08. The zero-order valence-electron chi connectivity index (χ0n) is 13.8. The van der Waals surface area contributed by atoms with Crippen LogP contribution in [-0.2, 0) is 14.3 Å². The number of aromatic hydroxyl groups is 1. The van der Waals surface area contributed by atoms with Gasteiger partial charge in [-0.3, -0.25) is 19.9 Å². The van der Waals surface area contributed by atoms with Gasteiger partial charge in [0.15, 0.2) is 11.7 Å². The van der Waals surface area contributed by atoms with Crippen molar-refractivity contribution in [1.82, 2.24) is 5.32 Å². The Morgan fingerprint density at radius 3 is 2.56 bits per heavy atom. The molecule has 1 atom stereocenters. The number of nitrogens with one attached hydrogen (secondary N) is 1. The van der Waals surface area contributed by atoms with Crippen molar-refractivity contribution in [3.8, 4) is 5.75 Å². The number of carboxylic acids is 1. The molecule has 1 aromatic carbocycles. The van der Waals surface area contributed by atoms with Crippen LogP contribution < -0.4 is 16.8 Å². The number of rotatable bonds is 8. The Morgan fingerprint density at radius 1 is 1.36 bits per heavy atom. The third-order valence-corrected chi connectivity index (χ3v) is 3.15. The monoisotopic (exact) mass is 350 g/mol. The lowest BCUT2D eigenvalue weighted by atomic mass is 10.2. The number of phenols is 1. The number of benzene rings is 1. The fourth-order valence-electron chi connectivity index (χ4n) is 1.79. The first-order chi connectivity index (χ1) is 11.8. The number of guanidine groups is 1. The summed E-state index contributed by atoms with van der Waals surface area (Å²) < 4.78 is 5.02. The maximum absolute atomic E-state index is 12.1. The molecule has 0 fully saturated rings. The van der Waals surface area contributed by atoms with Gasteiger partial charge in [-0.15, -0.1) is 0 Å². The highest BCUT2D eigenvalue weighted by Crippen LogP contribution is 2.13. The van der Waals surface area contributed by atoms with E-state index in [-0.39, 0.29) is 30.4 Å². The molecule has 9 nitrogen and oxygen atoms in total. The van der Waals surface area contributed by atoms with Gasteiger partial charge in [-0.25, -0.2) is 0 Å². The van der Waals surface area contributed by atoms with E-state index in [2.05, 4.69) is 10.3 Å². The molecule has 0 spiro atoms. The van der Waals surface area contributed by atoms with Crippen LogP contribution in [0.3, 0.4) is 0 Å². The second kappa shape index (κ2) is 9.93. The van der Waals surface area contributed by atoms with E-state index < -0.39 is 17.9 Å². The summed E-state index contributed by atoms with van der Waals surface area (Å²) in [4.78, 5) is 26.6. The minimum absolute atomic E-state index is 0.0109. The summed E-state index contributed by atoms with van der Waals surface area (Å²) in [5, 5.41) is 20.3. The van der Waals surface area contributed by atoms with Crippen LogP contribution >= 0.6 is 0 Å². The van der Waals surface area contributed by atoms with Gasteiger partial charge < -0.3 is 26.4 Å². The summed E-state index contributed by atoms with van der Waals surface area (Å²) in [6.07, 6.45) is 2.16. The summed E-state index contributed by atoms with van der Waals surface area (Å²) in [7, 11) is 1.34. The molecule has 0 radical (unpaired) electrons. The van der Waals surface area contributed by atoms with Crippen LogP contribution in [0, 0.1) is 0 Å². The molecule has 9 heteroatoms. The Bertz CT molecular complexity index is 655. The molecule has 0 saturated carbocycles. The van der Waals surface area contributed by atoms with Gasteiger partial charge in [-0.05, 0) is 36.6 Å². The van der Waals surface area contributed by atoms with Gasteiger partial charge in [0.25, 0.3) is 5.91 Å². The summed E-state index contributed by atoms with van der Waals surface area (Å²) in [5.41, 5.74) is 11.6. The van der Waals surface area contributed by atoms with Crippen molar-refractivity contribution in [3.63, 3.8) is 0 Å². The number of hydrogen-bond donors (Lipinski definition) is 5. The zero-order valence-corrected chi connectivity index (χ0v) is 13.8. The van der Waals surface area contributed by atoms with Gasteiger partial charge in [0, 0.05) is 6.54 Å². The molecule has 0 aliphatic heterocycles. The first-order valence-electron chi connectivity index (χ1n) is 7.48. The first-order valence-corrected chi connectivity index (χ1v) is 7.48. The van der Waals surface area contributed by atoms with Gasteiger partial charge in [-0.2, -0.15) is 0 Å². The summed E-state index contributed by atoms with van der Waals surface area (Å²) in [6.45, 7) is 0.233. The van der Waals surface area contributed by atoms with Crippen LogP contribution in [0.25, 0.3) is 6.08 Å². The maximum Gasteiger partial charge on any atom is 0.320 e. The number of methoxy groups -OCH3 is 1. The molecule has 0 bridgehead atoms. The Balaban J connectivity index is 2.58. The number of carbonyl (C=O) groups is 2. The standard InChI is InChI=1S/C16H22N4O5/c1-25-13(9-10-4-6-11(21)7-5-10)14(22)20-16(18)19-8-2-3-12(17)15(23)24/h4-7,9,12,21H,2-3,8,17H2,1H3,(H,23,24)(H3,18,19,20,22)/b13-9-/t12-/m0/s1. The minimum atomic E-state index is -1.07. The van der Waals surface area contributed by atoms with Crippen molar-refractivity contribution < 1.29 is 24.5 Å².